The maximum Gasteiger partial charge on any atom is 0.260 e. The van der Waals surface area contributed by atoms with E-state index in [0.717, 1.165) is 25.0 Å². The van der Waals surface area contributed by atoms with E-state index in [9.17, 15) is 4.79 Å². The molecule has 4 heteroatoms. The van der Waals surface area contributed by atoms with Crippen molar-refractivity contribution < 1.29 is 9.53 Å². The number of nitrogens with zero attached hydrogens (tertiary/aromatic N) is 1. The smallest absolute Gasteiger partial charge is 0.260 e. The largest absolute Gasteiger partial charge is 0.484 e. The van der Waals surface area contributed by atoms with Crippen LogP contribution in [0.25, 0.3) is 0 Å². The fourth-order valence-corrected chi connectivity index (χ4v) is 2.35. The summed E-state index contributed by atoms with van der Waals surface area (Å²) in [6.45, 7) is 2.73. The summed E-state index contributed by atoms with van der Waals surface area (Å²) in [5.41, 5.74) is 8.55. The molecule has 0 spiro atoms. The highest BCUT2D eigenvalue weighted by atomic mass is 16.5. The molecular formula is C15H22N2O2. The highest BCUT2D eigenvalue weighted by molar-refractivity contribution is 5.77. The zero-order valence-corrected chi connectivity index (χ0v) is 11.7. The van der Waals surface area contributed by atoms with E-state index < -0.39 is 0 Å². The van der Waals surface area contributed by atoms with Crippen LogP contribution in [0.1, 0.15) is 36.9 Å². The third-order valence-electron chi connectivity index (χ3n) is 3.74. The van der Waals surface area contributed by atoms with Crippen molar-refractivity contribution in [3.05, 3.63) is 29.3 Å². The molecule has 1 atom stereocenters. The molecule has 1 aromatic rings. The minimum absolute atomic E-state index is 0.00285. The van der Waals surface area contributed by atoms with Crippen LogP contribution in [0.4, 0.5) is 0 Å². The Bertz CT molecular complexity index is 459. The van der Waals surface area contributed by atoms with E-state index in [2.05, 4.69) is 0 Å². The molecule has 1 amide bonds. The van der Waals surface area contributed by atoms with Gasteiger partial charge in [-0.1, -0.05) is 6.07 Å². The number of carbonyl (C=O) groups is 1. The predicted octanol–water partition coefficient (Wildman–Crippen LogP) is 1.88. The molecule has 1 aliphatic rings. The van der Waals surface area contributed by atoms with Crippen LogP contribution in [0.15, 0.2) is 18.2 Å². The number of carbonyl (C=O) groups excluding carboxylic acids is 1. The average Bonchev–Trinajstić information content (AvgIpc) is 2.44. The SMILES string of the molecule is CCN(C)C(=O)COc1ccc2c(c1)CCCC2N. The number of nitrogens with two attached hydrogens (primary N) is 1. The van der Waals surface area contributed by atoms with Gasteiger partial charge >= 0.3 is 0 Å². The Hall–Kier alpha value is -1.55. The highest BCUT2D eigenvalue weighted by Crippen LogP contribution is 2.30. The Morgan fingerprint density at radius 3 is 3.05 bits per heavy atom. The Morgan fingerprint density at radius 2 is 2.32 bits per heavy atom. The van der Waals surface area contributed by atoms with Crippen molar-refractivity contribution in [3.63, 3.8) is 0 Å². The minimum atomic E-state index is -0.00285. The zero-order chi connectivity index (χ0) is 13.8. The van der Waals surface area contributed by atoms with Gasteiger partial charge in [0.25, 0.3) is 5.91 Å². The maximum atomic E-state index is 11.7. The molecule has 1 aliphatic carbocycles. The third kappa shape index (κ3) is 3.26. The van der Waals surface area contributed by atoms with Crippen LogP contribution in [-0.4, -0.2) is 31.0 Å². The van der Waals surface area contributed by atoms with E-state index in [1.165, 1.54) is 11.1 Å². The molecule has 0 aliphatic heterocycles. The van der Waals surface area contributed by atoms with Gasteiger partial charge in [0.05, 0.1) is 0 Å². The molecule has 0 saturated heterocycles. The van der Waals surface area contributed by atoms with E-state index >= 15 is 0 Å². The first kappa shape index (κ1) is 13.9. The maximum absolute atomic E-state index is 11.7. The number of likely N-dealkylation sites (N-methyl/N-ethyl adjacent to an activating group) is 1. The number of benzene rings is 1. The van der Waals surface area contributed by atoms with E-state index in [4.69, 9.17) is 10.5 Å². The Balaban J connectivity index is 2.01. The number of ether oxygens (including phenoxy) is 1. The van der Waals surface area contributed by atoms with Crippen LogP contribution in [0.2, 0.25) is 0 Å². The van der Waals surface area contributed by atoms with Crippen molar-refractivity contribution >= 4 is 5.91 Å². The summed E-state index contributed by atoms with van der Waals surface area (Å²) in [6, 6.07) is 6.10. The zero-order valence-electron chi connectivity index (χ0n) is 11.7. The molecule has 0 aromatic heterocycles. The lowest BCUT2D eigenvalue weighted by Crippen LogP contribution is -2.31. The van der Waals surface area contributed by atoms with Gasteiger partial charge in [-0.2, -0.15) is 0 Å². The van der Waals surface area contributed by atoms with E-state index in [0.29, 0.717) is 6.54 Å². The molecule has 4 nitrogen and oxygen atoms in total. The first-order valence-electron chi connectivity index (χ1n) is 6.87. The van der Waals surface area contributed by atoms with Crippen molar-refractivity contribution in [2.24, 2.45) is 5.73 Å². The summed E-state index contributed by atoms with van der Waals surface area (Å²) in [5.74, 6) is 0.752. The number of hydrogen-bond donors (Lipinski definition) is 1. The molecule has 0 fully saturated rings. The van der Waals surface area contributed by atoms with Gasteiger partial charge in [0.2, 0.25) is 0 Å². The number of hydrogen-bond acceptors (Lipinski definition) is 3. The third-order valence-corrected chi connectivity index (χ3v) is 3.74. The molecule has 0 radical (unpaired) electrons. The summed E-state index contributed by atoms with van der Waals surface area (Å²) in [7, 11) is 1.78. The number of rotatable bonds is 4. The molecule has 2 rings (SSSR count). The van der Waals surface area contributed by atoms with Gasteiger partial charge in [-0.3, -0.25) is 4.79 Å². The molecule has 1 aromatic carbocycles. The van der Waals surface area contributed by atoms with Crippen molar-refractivity contribution in [1.29, 1.82) is 0 Å². The lowest BCUT2D eigenvalue weighted by molar-refractivity contribution is -0.131. The quantitative estimate of drug-likeness (QED) is 0.901. The van der Waals surface area contributed by atoms with Crippen LogP contribution < -0.4 is 10.5 Å². The fourth-order valence-electron chi connectivity index (χ4n) is 2.35. The second-order valence-corrected chi connectivity index (χ2v) is 5.06. The van der Waals surface area contributed by atoms with Gasteiger partial charge in [-0.05, 0) is 49.4 Å². The molecule has 0 saturated carbocycles. The standard InChI is InChI=1S/C15H22N2O2/c1-3-17(2)15(18)10-19-12-7-8-13-11(9-12)5-4-6-14(13)16/h7-9,14H,3-6,10,16H2,1-2H3. The topological polar surface area (TPSA) is 55.6 Å². The van der Waals surface area contributed by atoms with Crippen LogP contribution >= 0.6 is 0 Å². The lowest BCUT2D eigenvalue weighted by Gasteiger charge is -2.23. The van der Waals surface area contributed by atoms with Gasteiger partial charge < -0.3 is 15.4 Å². The van der Waals surface area contributed by atoms with Crippen molar-refractivity contribution in [3.8, 4) is 5.75 Å². The number of fused-ring (bicyclic) bond motifs is 1. The van der Waals surface area contributed by atoms with Crippen molar-refractivity contribution in [2.45, 2.75) is 32.2 Å². The van der Waals surface area contributed by atoms with Gasteiger partial charge in [0, 0.05) is 19.6 Å². The second-order valence-electron chi connectivity index (χ2n) is 5.06. The van der Waals surface area contributed by atoms with Crippen LogP contribution in [0.3, 0.4) is 0 Å². The summed E-state index contributed by atoms with van der Waals surface area (Å²) in [5, 5.41) is 0. The first-order valence-corrected chi connectivity index (χ1v) is 6.87. The Labute approximate surface area is 114 Å². The first-order chi connectivity index (χ1) is 9.11. The molecule has 0 heterocycles. The molecule has 2 N–H and O–H groups in total. The van der Waals surface area contributed by atoms with E-state index in [1.807, 2.05) is 25.1 Å². The number of aryl methyl sites for hydroxylation is 1. The molecule has 104 valence electrons. The van der Waals surface area contributed by atoms with Gasteiger partial charge in [-0.25, -0.2) is 0 Å². The molecule has 0 bridgehead atoms. The van der Waals surface area contributed by atoms with Crippen LogP contribution in [-0.2, 0) is 11.2 Å². The van der Waals surface area contributed by atoms with Gasteiger partial charge in [-0.15, -0.1) is 0 Å². The predicted molar refractivity (Wildman–Crippen MR) is 75.1 cm³/mol. The van der Waals surface area contributed by atoms with Gasteiger partial charge in [0.1, 0.15) is 5.75 Å². The summed E-state index contributed by atoms with van der Waals surface area (Å²) >= 11 is 0. The Morgan fingerprint density at radius 1 is 1.53 bits per heavy atom. The number of amides is 1. The minimum Gasteiger partial charge on any atom is -0.484 e. The molecule has 19 heavy (non-hydrogen) atoms. The van der Waals surface area contributed by atoms with Gasteiger partial charge in [0.15, 0.2) is 6.61 Å². The van der Waals surface area contributed by atoms with E-state index in [-0.39, 0.29) is 18.6 Å². The summed E-state index contributed by atoms with van der Waals surface area (Å²) < 4.78 is 5.56. The molecular weight excluding hydrogens is 240 g/mol. The monoisotopic (exact) mass is 262 g/mol. The lowest BCUT2D eigenvalue weighted by atomic mass is 9.88. The van der Waals surface area contributed by atoms with Crippen molar-refractivity contribution in [2.75, 3.05) is 20.2 Å². The van der Waals surface area contributed by atoms with Crippen LogP contribution in [0, 0.1) is 0 Å². The highest BCUT2D eigenvalue weighted by Gasteiger charge is 2.17. The fraction of sp³-hybridized carbons (Fsp3) is 0.533. The second kappa shape index (κ2) is 6.06. The normalized spacial score (nSPS) is 17.7. The van der Waals surface area contributed by atoms with Crippen molar-refractivity contribution in [1.82, 2.24) is 4.90 Å². The summed E-state index contributed by atoms with van der Waals surface area (Å²) in [4.78, 5) is 13.3. The Kier molecular flexibility index (Phi) is 4.43. The summed E-state index contributed by atoms with van der Waals surface area (Å²) in [6.07, 6.45) is 3.21. The van der Waals surface area contributed by atoms with Crippen LogP contribution in [0.5, 0.6) is 5.75 Å². The van der Waals surface area contributed by atoms with E-state index in [1.54, 1.807) is 11.9 Å². The molecule has 1 unspecified atom stereocenters. The average molecular weight is 262 g/mol.